The van der Waals surface area contributed by atoms with Crippen molar-refractivity contribution in [3.8, 4) is 0 Å². The molecule has 0 aromatic heterocycles. The minimum Gasteiger partial charge on any atom is -0.506 e. The van der Waals surface area contributed by atoms with Gasteiger partial charge in [0.15, 0.2) is 5.60 Å². The Balaban J connectivity index is 1.88. The van der Waals surface area contributed by atoms with Crippen LogP contribution in [0.2, 0.25) is 0 Å². The molecule has 0 spiro atoms. The Morgan fingerprint density at radius 3 is 2.30 bits per heavy atom. The predicted octanol–water partition coefficient (Wildman–Crippen LogP) is -0.900. The van der Waals surface area contributed by atoms with Gasteiger partial charge in [-0.25, -0.2) is 8.78 Å². The largest absolute Gasteiger partial charge is 0.548 e. The highest BCUT2D eigenvalue weighted by molar-refractivity contribution is 6.50. The molecule has 11 nitrogen and oxygen atoms in total. The minimum atomic E-state index is -2.24. The van der Waals surface area contributed by atoms with Crippen molar-refractivity contribution in [3.05, 3.63) is 35.4 Å². The van der Waals surface area contributed by atoms with E-state index in [0.29, 0.717) is 6.07 Å². The fourth-order valence-electron chi connectivity index (χ4n) is 2.60. The summed E-state index contributed by atoms with van der Waals surface area (Å²) < 4.78 is 36.5. The maximum absolute atomic E-state index is 13.5. The molecule has 1 aromatic rings. The van der Waals surface area contributed by atoms with Crippen LogP contribution in [-0.2, 0) is 28.5 Å². The molecular weight excluding hydrogens is 413 g/mol. The van der Waals surface area contributed by atoms with Crippen molar-refractivity contribution >= 4 is 36.8 Å². The van der Waals surface area contributed by atoms with Crippen LogP contribution in [0.1, 0.15) is 23.2 Å². The van der Waals surface area contributed by atoms with Gasteiger partial charge in [0.25, 0.3) is 5.91 Å². The maximum atomic E-state index is 13.5. The number of carbonyl (C=O) groups is 5. The average molecular weight is 428 g/mol. The first-order chi connectivity index (χ1) is 14.0. The SMILES string of the molecule is O=C(O)CC1(CC(=O)O)OB(CNC(=O)CNC(=O)c2cc(F)ccc2F)OC1=O. The van der Waals surface area contributed by atoms with Crippen LogP contribution in [0.25, 0.3) is 0 Å². The Labute approximate surface area is 167 Å². The van der Waals surface area contributed by atoms with Crippen LogP contribution in [0.3, 0.4) is 0 Å². The number of rotatable bonds is 9. The second kappa shape index (κ2) is 9.30. The lowest BCUT2D eigenvalue weighted by Gasteiger charge is -2.20. The van der Waals surface area contributed by atoms with E-state index in [0.717, 1.165) is 12.1 Å². The number of amides is 2. The summed E-state index contributed by atoms with van der Waals surface area (Å²) in [7, 11) is -1.46. The van der Waals surface area contributed by atoms with E-state index >= 15 is 0 Å². The highest BCUT2D eigenvalue weighted by Crippen LogP contribution is 2.30. The second-order valence-corrected chi connectivity index (χ2v) is 6.20. The van der Waals surface area contributed by atoms with Gasteiger partial charge in [0.05, 0.1) is 31.4 Å². The lowest BCUT2D eigenvalue weighted by molar-refractivity contribution is -0.157. The number of nitrogens with one attached hydrogen (secondary N) is 2. The maximum Gasteiger partial charge on any atom is 0.548 e. The summed E-state index contributed by atoms with van der Waals surface area (Å²) in [6, 6.07) is 2.21. The molecule has 2 rings (SSSR count). The monoisotopic (exact) mass is 428 g/mol. The zero-order valence-electron chi connectivity index (χ0n) is 15.1. The third kappa shape index (κ3) is 5.73. The molecule has 1 aliphatic heterocycles. The van der Waals surface area contributed by atoms with Gasteiger partial charge in [-0.2, -0.15) is 0 Å². The molecule has 4 N–H and O–H groups in total. The quantitative estimate of drug-likeness (QED) is 0.364. The van der Waals surface area contributed by atoms with E-state index in [-0.39, 0.29) is 0 Å². The molecule has 1 saturated heterocycles. The predicted molar refractivity (Wildman–Crippen MR) is 91.9 cm³/mol. The summed E-state index contributed by atoms with van der Waals surface area (Å²) in [5, 5.41) is 22.0. The lowest BCUT2D eigenvalue weighted by atomic mass is 9.89. The molecule has 1 heterocycles. The molecule has 0 radical (unpaired) electrons. The van der Waals surface area contributed by atoms with Gasteiger partial charge < -0.3 is 30.2 Å². The molecule has 0 aliphatic carbocycles. The summed E-state index contributed by atoms with van der Waals surface area (Å²) >= 11 is 0. The number of hydrogen-bond donors (Lipinski definition) is 4. The van der Waals surface area contributed by atoms with Gasteiger partial charge in [-0.1, -0.05) is 0 Å². The number of benzene rings is 1. The molecule has 30 heavy (non-hydrogen) atoms. The Morgan fingerprint density at radius 2 is 1.70 bits per heavy atom. The van der Waals surface area contributed by atoms with Crippen molar-refractivity contribution in [2.45, 2.75) is 18.4 Å². The molecule has 0 saturated carbocycles. The number of aliphatic carboxylic acids is 2. The number of carboxylic acid groups (broad SMARTS) is 2. The summed E-state index contributed by atoms with van der Waals surface area (Å²) in [4.78, 5) is 57.4. The van der Waals surface area contributed by atoms with E-state index in [9.17, 15) is 32.8 Å². The number of carboxylic acids is 2. The first-order valence-corrected chi connectivity index (χ1v) is 8.35. The van der Waals surface area contributed by atoms with Gasteiger partial charge in [-0.05, 0) is 18.2 Å². The standard InChI is InChI=1S/C16H15BF2N2O9/c18-8-1-2-10(19)9(3-8)14(27)20-6-11(22)21-7-17-29-15(28)16(30-17,4-12(23)24)5-13(25)26/h1-3H,4-7H2,(H,20,27)(H,21,22)(H,23,24)(H,25,26). The zero-order valence-corrected chi connectivity index (χ0v) is 15.1. The van der Waals surface area contributed by atoms with Gasteiger partial charge in [-0.3, -0.25) is 24.0 Å². The molecule has 0 bridgehead atoms. The van der Waals surface area contributed by atoms with Crippen LogP contribution in [0.4, 0.5) is 8.78 Å². The highest BCUT2D eigenvalue weighted by atomic mass is 19.1. The van der Waals surface area contributed by atoms with Crippen molar-refractivity contribution in [1.29, 1.82) is 0 Å². The summed E-state index contributed by atoms with van der Waals surface area (Å²) in [6.07, 6.45) is -2.40. The summed E-state index contributed by atoms with van der Waals surface area (Å²) in [6.45, 7) is -0.648. The third-order valence-corrected chi connectivity index (χ3v) is 3.89. The molecule has 14 heteroatoms. The first kappa shape index (κ1) is 22.7. The molecule has 1 aliphatic rings. The van der Waals surface area contributed by atoms with Gasteiger partial charge in [0, 0.05) is 0 Å². The number of halogens is 2. The molecule has 0 unspecified atom stereocenters. The third-order valence-electron chi connectivity index (χ3n) is 3.89. The van der Waals surface area contributed by atoms with Gasteiger partial charge in [0.2, 0.25) is 5.91 Å². The van der Waals surface area contributed by atoms with Crippen molar-refractivity contribution in [3.63, 3.8) is 0 Å². The molecule has 1 aromatic carbocycles. The minimum absolute atomic E-state index is 0.476. The van der Waals surface area contributed by atoms with Crippen molar-refractivity contribution in [2.75, 3.05) is 13.0 Å². The topological polar surface area (TPSA) is 168 Å². The van der Waals surface area contributed by atoms with Crippen molar-refractivity contribution in [1.82, 2.24) is 10.6 Å². The van der Waals surface area contributed by atoms with Crippen molar-refractivity contribution in [2.24, 2.45) is 0 Å². The molecule has 1 fully saturated rings. The Morgan fingerprint density at radius 1 is 1.07 bits per heavy atom. The Kier molecular flexibility index (Phi) is 7.05. The second-order valence-electron chi connectivity index (χ2n) is 6.20. The lowest BCUT2D eigenvalue weighted by Crippen LogP contribution is -2.44. The molecule has 160 valence electrons. The van der Waals surface area contributed by atoms with Crippen LogP contribution in [0.15, 0.2) is 18.2 Å². The van der Waals surface area contributed by atoms with Crippen molar-refractivity contribution < 1.29 is 52.3 Å². The van der Waals surface area contributed by atoms with E-state index < -0.39 is 85.5 Å². The molecular formula is C16H15BF2N2O9. The summed E-state index contributed by atoms with van der Waals surface area (Å²) in [5.74, 6) is -7.91. The van der Waals surface area contributed by atoms with Crippen LogP contribution in [0, 0.1) is 11.6 Å². The van der Waals surface area contributed by atoms with E-state index in [1.54, 1.807) is 0 Å². The Hall–Kier alpha value is -3.55. The van der Waals surface area contributed by atoms with E-state index in [1.165, 1.54) is 0 Å². The number of carbonyl (C=O) groups excluding carboxylic acids is 3. The average Bonchev–Trinajstić information content (AvgIpc) is 2.93. The first-order valence-electron chi connectivity index (χ1n) is 8.35. The Bertz CT molecular complexity index is 879. The van der Waals surface area contributed by atoms with Crippen LogP contribution in [-0.4, -0.2) is 65.6 Å². The van der Waals surface area contributed by atoms with Crippen LogP contribution >= 0.6 is 0 Å². The smallest absolute Gasteiger partial charge is 0.506 e. The fraction of sp³-hybridized carbons (Fsp3) is 0.312. The fourth-order valence-corrected chi connectivity index (χ4v) is 2.60. The summed E-state index contributed by atoms with van der Waals surface area (Å²) in [5.41, 5.74) is -2.85. The zero-order chi connectivity index (χ0) is 22.5. The van der Waals surface area contributed by atoms with Crippen LogP contribution in [0.5, 0.6) is 0 Å². The van der Waals surface area contributed by atoms with E-state index in [2.05, 4.69) is 10.6 Å². The van der Waals surface area contributed by atoms with Gasteiger partial charge in [0.1, 0.15) is 11.6 Å². The van der Waals surface area contributed by atoms with E-state index in [1.807, 2.05) is 0 Å². The molecule has 2 amide bonds. The highest BCUT2D eigenvalue weighted by Gasteiger charge is 2.55. The molecule has 0 atom stereocenters. The number of hydrogen-bond acceptors (Lipinski definition) is 7. The normalized spacial score (nSPS) is 14.7. The van der Waals surface area contributed by atoms with Gasteiger partial charge >= 0.3 is 25.0 Å². The van der Waals surface area contributed by atoms with Crippen LogP contribution < -0.4 is 10.6 Å². The van der Waals surface area contributed by atoms with E-state index in [4.69, 9.17) is 19.5 Å². The van der Waals surface area contributed by atoms with Gasteiger partial charge in [-0.15, -0.1) is 0 Å².